The largest absolute Gasteiger partial charge is 0.0802 e. The van der Waals surface area contributed by atoms with Crippen LogP contribution in [0.1, 0.15) is 26.7 Å². The summed E-state index contributed by atoms with van der Waals surface area (Å²) in [7, 11) is 0. The standard InChI is InChI=1S/C12H16/c1-9(2)11-7-3-5-10-6-4-8-12(10)11/h3,5,7,9-10,12H,4,8H2,1-2H3. The van der Waals surface area contributed by atoms with E-state index < -0.39 is 0 Å². The predicted octanol–water partition coefficient (Wildman–Crippen LogP) is 3.25. The van der Waals surface area contributed by atoms with Crippen LogP contribution < -0.4 is 0 Å². The van der Waals surface area contributed by atoms with Crippen molar-refractivity contribution < 1.29 is 0 Å². The van der Waals surface area contributed by atoms with E-state index in [4.69, 9.17) is 0 Å². The summed E-state index contributed by atoms with van der Waals surface area (Å²) in [5.41, 5.74) is 1.63. The highest BCUT2D eigenvalue weighted by Crippen LogP contribution is 2.41. The molecule has 2 radical (unpaired) electrons. The van der Waals surface area contributed by atoms with Gasteiger partial charge in [0.15, 0.2) is 0 Å². The van der Waals surface area contributed by atoms with Gasteiger partial charge in [0.1, 0.15) is 0 Å². The number of hydrogen-bond acceptors (Lipinski definition) is 0. The summed E-state index contributed by atoms with van der Waals surface area (Å²) in [6.45, 7) is 4.58. The van der Waals surface area contributed by atoms with E-state index in [1.807, 2.05) is 0 Å². The Bertz CT molecular complexity index is 220. The topological polar surface area (TPSA) is 0 Å². The van der Waals surface area contributed by atoms with Crippen LogP contribution in [0.15, 0.2) is 23.8 Å². The summed E-state index contributed by atoms with van der Waals surface area (Å²) in [4.78, 5) is 0. The average Bonchev–Trinajstić information content (AvgIpc) is 2.49. The molecule has 0 nitrogen and oxygen atoms in total. The van der Waals surface area contributed by atoms with E-state index in [2.05, 4.69) is 38.5 Å². The molecule has 2 rings (SSSR count). The van der Waals surface area contributed by atoms with Crippen LogP contribution in [0.2, 0.25) is 0 Å². The van der Waals surface area contributed by atoms with E-state index >= 15 is 0 Å². The van der Waals surface area contributed by atoms with Crippen LogP contribution in [0, 0.1) is 24.2 Å². The molecule has 1 saturated carbocycles. The zero-order valence-electron chi connectivity index (χ0n) is 7.88. The van der Waals surface area contributed by atoms with Crippen molar-refractivity contribution >= 4 is 0 Å². The van der Waals surface area contributed by atoms with Gasteiger partial charge in [-0.2, -0.15) is 0 Å². The molecule has 0 amide bonds. The molecule has 0 heterocycles. The van der Waals surface area contributed by atoms with E-state index in [-0.39, 0.29) is 0 Å². The highest BCUT2D eigenvalue weighted by atomic mass is 14.3. The Kier molecular flexibility index (Phi) is 2.08. The van der Waals surface area contributed by atoms with Gasteiger partial charge in [-0.3, -0.25) is 0 Å². The normalized spacial score (nSPS) is 33.8. The van der Waals surface area contributed by atoms with E-state index in [0.29, 0.717) is 11.8 Å². The van der Waals surface area contributed by atoms with Crippen molar-refractivity contribution in [2.75, 3.05) is 0 Å². The fourth-order valence-electron chi connectivity index (χ4n) is 2.33. The molecule has 0 aromatic heterocycles. The second-order valence-corrected chi connectivity index (χ2v) is 4.08. The molecule has 12 heavy (non-hydrogen) atoms. The first-order valence-corrected chi connectivity index (χ1v) is 4.90. The van der Waals surface area contributed by atoms with Crippen molar-refractivity contribution in [1.29, 1.82) is 0 Å². The summed E-state index contributed by atoms with van der Waals surface area (Å²) < 4.78 is 0. The van der Waals surface area contributed by atoms with Gasteiger partial charge in [0.05, 0.1) is 0 Å². The van der Waals surface area contributed by atoms with Crippen LogP contribution in [-0.4, -0.2) is 0 Å². The Balaban J connectivity index is 2.21. The maximum Gasteiger partial charge on any atom is -0.00925 e. The number of fused-ring (bicyclic) bond motifs is 1. The number of hydrogen-bond donors (Lipinski definition) is 0. The molecular weight excluding hydrogens is 144 g/mol. The third-order valence-corrected chi connectivity index (χ3v) is 2.97. The first-order chi connectivity index (χ1) is 5.79. The lowest BCUT2D eigenvalue weighted by molar-refractivity contribution is 0.496. The first-order valence-electron chi connectivity index (χ1n) is 4.90. The minimum absolute atomic E-state index is 0.632. The van der Waals surface area contributed by atoms with Crippen molar-refractivity contribution in [3.05, 3.63) is 30.2 Å². The van der Waals surface area contributed by atoms with Gasteiger partial charge >= 0.3 is 0 Å². The van der Waals surface area contributed by atoms with Gasteiger partial charge in [-0.1, -0.05) is 37.6 Å². The van der Waals surface area contributed by atoms with Crippen LogP contribution in [0.4, 0.5) is 0 Å². The van der Waals surface area contributed by atoms with E-state index in [1.54, 1.807) is 5.57 Å². The van der Waals surface area contributed by atoms with Crippen molar-refractivity contribution in [1.82, 2.24) is 0 Å². The Morgan fingerprint density at radius 2 is 2.33 bits per heavy atom. The van der Waals surface area contributed by atoms with Crippen LogP contribution in [0.3, 0.4) is 0 Å². The third kappa shape index (κ3) is 1.24. The van der Waals surface area contributed by atoms with Gasteiger partial charge in [-0.25, -0.2) is 0 Å². The van der Waals surface area contributed by atoms with Gasteiger partial charge in [0, 0.05) is 0 Å². The summed E-state index contributed by atoms with van der Waals surface area (Å²) in [5.74, 6) is 2.13. The Morgan fingerprint density at radius 3 is 3.08 bits per heavy atom. The second kappa shape index (κ2) is 3.08. The fourth-order valence-corrected chi connectivity index (χ4v) is 2.33. The molecule has 0 saturated heterocycles. The molecule has 2 aliphatic rings. The van der Waals surface area contributed by atoms with Gasteiger partial charge in [-0.05, 0) is 37.0 Å². The number of rotatable bonds is 1. The predicted molar refractivity (Wildman–Crippen MR) is 51.5 cm³/mol. The van der Waals surface area contributed by atoms with Crippen molar-refractivity contribution in [3.63, 3.8) is 0 Å². The molecule has 2 unspecified atom stereocenters. The maximum absolute atomic E-state index is 3.52. The Morgan fingerprint density at radius 1 is 1.50 bits per heavy atom. The lowest BCUT2D eigenvalue weighted by atomic mass is 9.80. The monoisotopic (exact) mass is 160 g/mol. The quantitative estimate of drug-likeness (QED) is 0.552. The lowest BCUT2D eigenvalue weighted by Gasteiger charge is -2.25. The van der Waals surface area contributed by atoms with Crippen molar-refractivity contribution in [2.45, 2.75) is 26.7 Å². The maximum atomic E-state index is 3.52. The minimum atomic E-state index is 0.632. The van der Waals surface area contributed by atoms with Gasteiger partial charge in [0.2, 0.25) is 0 Å². The van der Waals surface area contributed by atoms with Crippen molar-refractivity contribution in [3.8, 4) is 0 Å². The van der Waals surface area contributed by atoms with Gasteiger partial charge in [0.25, 0.3) is 0 Å². The molecule has 0 aromatic rings. The number of allylic oxidation sites excluding steroid dienone is 4. The van der Waals surface area contributed by atoms with E-state index in [1.165, 1.54) is 12.8 Å². The molecular formula is C12H16. The third-order valence-electron chi connectivity index (χ3n) is 2.97. The Labute approximate surface area is 75.4 Å². The molecule has 2 aliphatic carbocycles. The molecule has 0 N–H and O–H groups in total. The molecule has 0 spiro atoms. The van der Waals surface area contributed by atoms with Crippen LogP contribution in [-0.2, 0) is 0 Å². The summed E-state index contributed by atoms with van der Waals surface area (Å²) >= 11 is 0. The highest BCUT2D eigenvalue weighted by molar-refractivity contribution is 5.28. The minimum Gasteiger partial charge on any atom is -0.0802 e. The average molecular weight is 160 g/mol. The molecule has 1 fully saturated rings. The highest BCUT2D eigenvalue weighted by Gasteiger charge is 2.30. The zero-order chi connectivity index (χ0) is 8.55. The first kappa shape index (κ1) is 8.10. The molecule has 64 valence electrons. The van der Waals surface area contributed by atoms with Gasteiger partial charge < -0.3 is 0 Å². The van der Waals surface area contributed by atoms with Crippen LogP contribution in [0.5, 0.6) is 0 Å². The smallest absolute Gasteiger partial charge is 0.00925 e. The molecule has 0 aliphatic heterocycles. The SMILES string of the molecule is CC(C)C1=CC=CC2[C]CCC12. The van der Waals surface area contributed by atoms with Crippen molar-refractivity contribution in [2.24, 2.45) is 17.8 Å². The van der Waals surface area contributed by atoms with E-state index in [9.17, 15) is 0 Å². The summed E-state index contributed by atoms with van der Waals surface area (Å²) in [5, 5.41) is 0. The lowest BCUT2D eigenvalue weighted by Crippen LogP contribution is -2.15. The Hall–Kier alpha value is -0.520. The summed E-state index contributed by atoms with van der Waals surface area (Å²) in [6.07, 6.45) is 12.8. The molecule has 2 atom stereocenters. The summed E-state index contributed by atoms with van der Waals surface area (Å²) in [6, 6.07) is 0. The zero-order valence-corrected chi connectivity index (χ0v) is 7.88. The molecule has 0 heteroatoms. The molecule has 0 bridgehead atoms. The molecule has 0 aromatic carbocycles. The van der Waals surface area contributed by atoms with Crippen LogP contribution in [0.25, 0.3) is 0 Å². The second-order valence-electron chi connectivity index (χ2n) is 4.08. The van der Waals surface area contributed by atoms with Gasteiger partial charge in [-0.15, -0.1) is 0 Å². The van der Waals surface area contributed by atoms with Crippen LogP contribution >= 0.6 is 0 Å². The fraction of sp³-hybridized carbons (Fsp3) is 0.583. The van der Waals surface area contributed by atoms with E-state index in [0.717, 1.165) is 5.92 Å².